The summed E-state index contributed by atoms with van der Waals surface area (Å²) in [5.41, 5.74) is 7.60. The second-order valence-corrected chi connectivity index (χ2v) is 9.16. The van der Waals surface area contributed by atoms with E-state index in [1.807, 2.05) is 4.90 Å². The molecule has 2 aromatic heterocycles. The Balaban J connectivity index is 1.47. The molecule has 25 heavy (non-hydrogen) atoms. The van der Waals surface area contributed by atoms with E-state index in [1.54, 1.807) is 11.3 Å². The van der Waals surface area contributed by atoms with E-state index < -0.39 is 0 Å². The lowest BCUT2D eigenvalue weighted by Crippen LogP contribution is -2.38. The van der Waals surface area contributed by atoms with Crippen LogP contribution in [0.5, 0.6) is 0 Å². The molecule has 3 heterocycles. The zero-order valence-electron chi connectivity index (χ0n) is 14.6. The van der Waals surface area contributed by atoms with Gasteiger partial charge in [-0.3, -0.25) is 4.79 Å². The number of rotatable bonds is 3. The van der Waals surface area contributed by atoms with Crippen LogP contribution < -0.4 is 5.73 Å². The molecule has 1 aliphatic carbocycles. The fourth-order valence-electron chi connectivity index (χ4n) is 3.71. The molecule has 5 nitrogen and oxygen atoms in total. The van der Waals surface area contributed by atoms with Crippen molar-refractivity contribution in [2.24, 2.45) is 5.92 Å². The van der Waals surface area contributed by atoms with Gasteiger partial charge >= 0.3 is 0 Å². The first-order valence-electron chi connectivity index (χ1n) is 9.10. The van der Waals surface area contributed by atoms with Crippen molar-refractivity contribution in [1.82, 2.24) is 14.9 Å². The van der Waals surface area contributed by atoms with Crippen molar-refractivity contribution in [2.45, 2.75) is 50.6 Å². The highest BCUT2D eigenvalue weighted by Crippen LogP contribution is 2.38. The van der Waals surface area contributed by atoms with Crippen molar-refractivity contribution < 1.29 is 4.79 Å². The van der Waals surface area contributed by atoms with Crippen molar-refractivity contribution >= 4 is 45.0 Å². The van der Waals surface area contributed by atoms with Crippen LogP contribution in [0, 0.1) is 5.92 Å². The number of thiophene rings is 1. The molecule has 1 amide bonds. The molecule has 0 unspecified atom stereocenters. The average Bonchev–Trinajstić information content (AvgIpc) is 2.99. The Labute approximate surface area is 156 Å². The fourth-order valence-corrected chi connectivity index (χ4v) is 5.79. The Hall–Kier alpha value is -1.34. The number of likely N-dealkylation sites (tertiary alicyclic amines) is 1. The summed E-state index contributed by atoms with van der Waals surface area (Å²) in [5, 5.41) is 1.68. The first-order valence-corrected chi connectivity index (χ1v) is 10.9. The maximum absolute atomic E-state index is 12.4. The Morgan fingerprint density at radius 1 is 1.28 bits per heavy atom. The van der Waals surface area contributed by atoms with E-state index in [1.165, 1.54) is 35.0 Å². The summed E-state index contributed by atoms with van der Waals surface area (Å²) in [7, 11) is 0. The topological polar surface area (TPSA) is 72.1 Å². The standard InChI is InChI=1S/C18H24N4OS2/c1-11-6-8-22(9-7-11)14(23)10-24-18-20-16(19)15-12-4-2-3-5-13(12)25-17(15)21-18/h11H,2-10H2,1H3,(H2,19,20,21). The number of carbonyl (C=O) groups excluding carboxylic acids is 1. The van der Waals surface area contributed by atoms with Gasteiger partial charge in [0.05, 0.1) is 11.1 Å². The SMILES string of the molecule is CC1CCN(C(=O)CSc2nc(N)c3c4c(sc3n2)CCCC4)CC1. The number of carbonyl (C=O) groups is 1. The number of nitrogen functional groups attached to an aromatic ring is 1. The molecule has 2 aliphatic rings. The van der Waals surface area contributed by atoms with Crippen molar-refractivity contribution in [3.05, 3.63) is 10.4 Å². The van der Waals surface area contributed by atoms with Crippen LogP contribution >= 0.6 is 23.1 Å². The highest BCUT2D eigenvalue weighted by atomic mass is 32.2. The minimum atomic E-state index is 0.185. The Morgan fingerprint density at radius 3 is 2.84 bits per heavy atom. The zero-order chi connectivity index (χ0) is 17.4. The van der Waals surface area contributed by atoms with Crippen LogP contribution in [0.1, 0.15) is 43.0 Å². The van der Waals surface area contributed by atoms with E-state index >= 15 is 0 Å². The molecule has 2 N–H and O–H groups in total. The van der Waals surface area contributed by atoms with Crippen LogP contribution in [0.3, 0.4) is 0 Å². The van der Waals surface area contributed by atoms with Gasteiger partial charge in [-0.15, -0.1) is 11.3 Å². The van der Waals surface area contributed by atoms with E-state index in [4.69, 9.17) is 5.73 Å². The third-order valence-electron chi connectivity index (χ3n) is 5.28. The minimum absolute atomic E-state index is 0.185. The largest absolute Gasteiger partial charge is 0.383 e. The molecule has 0 saturated carbocycles. The molecule has 2 aromatic rings. The molecule has 1 aliphatic heterocycles. The number of aryl methyl sites for hydroxylation is 2. The van der Waals surface area contributed by atoms with Crippen LogP contribution in [0.4, 0.5) is 5.82 Å². The molecule has 7 heteroatoms. The lowest BCUT2D eigenvalue weighted by molar-refractivity contribution is -0.129. The van der Waals surface area contributed by atoms with Crippen LogP contribution in [-0.2, 0) is 17.6 Å². The predicted octanol–water partition coefficient (Wildman–Crippen LogP) is 3.50. The highest BCUT2D eigenvalue weighted by molar-refractivity contribution is 7.99. The fraction of sp³-hybridized carbons (Fsp3) is 0.611. The van der Waals surface area contributed by atoms with Gasteiger partial charge in [0.25, 0.3) is 0 Å². The zero-order valence-corrected chi connectivity index (χ0v) is 16.2. The number of piperidine rings is 1. The van der Waals surface area contributed by atoms with E-state index in [0.717, 1.165) is 54.9 Å². The number of amides is 1. The van der Waals surface area contributed by atoms with Crippen molar-refractivity contribution in [1.29, 1.82) is 0 Å². The lowest BCUT2D eigenvalue weighted by Gasteiger charge is -2.30. The van der Waals surface area contributed by atoms with Crippen molar-refractivity contribution in [3.63, 3.8) is 0 Å². The van der Waals surface area contributed by atoms with E-state index in [2.05, 4.69) is 16.9 Å². The number of nitrogens with two attached hydrogens (primary N) is 1. The number of nitrogens with zero attached hydrogens (tertiary/aromatic N) is 3. The Bertz CT molecular complexity index is 796. The first-order chi connectivity index (χ1) is 12.1. The number of aromatic nitrogens is 2. The molecular weight excluding hydrogens is 352 g/mol. The van der Waals surface area contributed by atoms with Gasteiger partial charge in [0.2, 0.25) is 5.91 Å². The second kappa shape index (κ2) is 7.11. The van der Waals surface area contributed by atoms with E-state index in [0.29, 0.717) is 16.7 Å². The van der Waals surface area contributed by atoms with Crippen molar-refractivity contribution in [3.8, 4) is 0 Å². The molecule has 134 valence electrons. The summed E-state index contributed by atoms with van der Waals surface area (Å²) < 4.78 is 0. The van der Waals surface area contributed by atoms with Gasteiger partial charge in [-0.1, -0.05) is 18.7 Å². The molecule has 1 fully saturated rings. The van der Waals surface area contributed by atoms with E-state index in [-0.39, 0.29) is 5.91 Å². The third-order valence-corrected chi connectivity index (χ3v) is 7.30. The third kappa shape index (κ3) is 3.49. The molecule has 0 atom stereocenters. The van der Waals surface area contributed by atoms with Crippen LogP contribution in [-0.4, -0.2) is 39.6 Å². The lowest BCUT2D eigenvalue weighted by atomic mass is 9.97. The van der Waals surface area contributed by atoms with Gasteiger partial charge in [-0.2, -0.15) is 0 Å². The van der Waals surface area contributed by atoms with Gasteiger partial charge in [0.1, 0.15) is 10.6 Å². The minimum Gasteiger partial charge on any atom is -0.383 e. The van der Waals surface area contributed by atoms with Crippen LogP contribution in [0.25, 0.3) is 10.2 Å². The summed E-state index contributed by atoms with van der Waals surface area (Å²) >= 11 is 3.16. The van der Waals surface area contributed by atoms with Gasteiger partial charge in [0, 0.05) is 18.0 Å². The number of hydrogen-bond acceptors (Lipinski definition) is 6. The highest BCUT2D eigenvalue weighted by Gasteiger charge is 2.22. The Morgan fingerprint density at radius 2 is 2.04 bits per heavy atom. The quantitative estimate of drug-likeness (QED) is 0.656. The maximum Gasteiger partial charge on any atom is 0.233 e. The first kappa shape index (κ1) is 17.1. The van der Waals surface area contributed by atoms with Gasteiger partial charge in [0.15, 0.2) is 5.16 Å². The molecule has 0 spiro atoms. The number of fused-ring (bicyclic) bond motifs is 3. The predicted molar refractivity (Wildman–Crippen MR) is 104 cm³/mol. The van der Waals surface area contributed by atoms with Gasteiger partial charge < -0.3 is 10.6 Å². The van der Waals surface area contributed by atoms with E-state index in [9.17, 15) is 4.79 Å². The smallest absolute Gasteiger partial charge is 0.233 e. The van der Waals surface area contributed by atoms with Crippen molar-refractivity contribution in [2.75, 3.05) is 24.6 Å². The summed E-state index contributed by atoms with van der Waals surface area (Å²) in [6, 6.07) is 0. The van der Waals surface area contributed by atoms with Gasteiger partial charge in [-0.25, -0.2) is 9.97 Å². The summed E-state index contributed by atoms with van der Waals surface area (Å²) in [5.74, 6) is 1.88. The monoisotopic (exact) mass is 376 g/mol. The molecule has 1 saturated heterocycles. The molecule has 4 rings (SSSR count). The normalized spacial score (nSPS) is 18.5. The van der Waals surface area contributed by atoms with Crippen LogP contribution in [0.2, 0.25) is 0 Å². The Kier molecular flexibility index (Phi) is 4.86. The number of anilines is 1. The summed E-state index contributed by atoms with van der Waals surface area (Å²) in [6.07, 6.45) is 6.89. The molecule has 0 radical (unpaired) electrons. The maximum atomic E-state index is 12.4. The number of thioether (sulfide) groups is 1. The molecule has 0 aromatic carbocycles. The number of hydrogen-bond donors (Lipinski definition) is 1. The van der Waals surface area contributed by atoms with Gasteiger partial charge in [-0.05, 0) is 50.0 Å². The summed E-state index contributed by atoms with van der Waals surface area (Å²) in [4.78, 5) is 26.0. The van der Waals surface area contributed by atoms with Crippen LogP contribution in [0.15, 0.2) is 5.16 Å². The average molecular weight is 377 g/mol. The molecular formula is C18H24N4OS2. The second-order valence-electron chi connectivity index (χ2n) is 7.13. The molecule has 0 bridgehead atoms. The summed E-state index contributed by atoms with van der Waals surface area (Å²) in [6.45, 7) is 4.00.